The molecule has 0 radical (unpaired) electrons. The minimum atomic E-state index is -3.47. The van der Waals surface area contributed by atoms with Crippen molar-refractivity contribution in [2.45, 2.75) is 84.4 Å². The van der Waals surface area contributed by atoms with E-state index in [9.17, 15) is 13.2 Å². The number of benzene rings is 2. The molecule has 1 amide bonds. The molecule has 2 aromatic heterocycles. The number of nitrogens with one attached hydrogen (secondary N) is 3. The first-order valence-corrected chi connectivity index (χ1v) is 17.3. The fourth-order valence-electron chi connectivity index (χ4n) is 5.53. The summed E-state index contributed by atoms with van der Waals surface area (Å²) >= 11 is 0. The Labute approximate surface area is 270 Å². The van der Waals surface area contributed by atoms with E-state index in [-0.39, 0.29) is 23.9 Å². The first-order chi connectivity index (χ1) is 21.9. The molecule has 11 nitrogen and oxygen atoms in total. The Morgan fingerprint density at radius 2 is 1.70 bits per heavy atom. The fraction of sp³-hybridized carbons (Fsp3) is 0.412. The van der Waals surface area contributed by atoms with Crippen LogP contribution in [-0.2, 0) is 14.8 Å². The van der Waals surface area contributed by atoms with E-state index in [2.05, 4.69) is 25.3 Å². The highest BCUT2D eigenvalue weighted by atomic mass is 32.2. The number of rotatable bonds is 10. The van der Waals surface area contributed by atoms with Crippen molar-refractivity contribution in [2.24, 2.45) is 0 Å². The molecule has 3 N–H and O–H groups in total. The van der Waals surface area contributed by atoms with E-state index in [1.807, 2.05) is 71.0 Å². The lowest BCUT2D eigenvalue weighted by Gasteiger charge is -2.30. The van der Waals surface area contributed by atoms with Crippen LogP contribution in [0.15, 0.2) is 60.9 Å². The van der Waals surface area contributed by atoms with Crippen LogP contribution in [0.25, 0.3) is 22.0 Å². The number of aryl methyl sites for hydroxylation is 1. The van der Waals surface area contributed by atoms with Crippen LogP contribution in [0, 0.1) is 6.92 Å². The Morgan fingerprint density at radius 1 is 0.935 bits per heavy atom. The molecule has 2 aromatic carbocycles. The van der Waals surface area contributed by atoms with Crippen LogP contribution in [0.1, 0.15) is 65.4 Å². The van der Waals surface area contributed by atoms with Gasteiger partial charge in [-0.05, 0) is 89.6 Å². The van der Waals surface area contributed by atoms with Gasteiger partial charge in [0.2, 0.25) is 21.9 Å². The van der Waals surface area contributed by atoms with Gasteiger partial charge in [0.15, 0.2) is 0 Å². The standard InChI is InChI=1S/C34H42N6O5S/c1-6-21-46(42,43)40-29-11-7-9-26-25(29)17-12-22(2)30(26)44-31-27(10-8-19-35-31)28-18-20-36-32(39-28)37-23-13-15-24(16-14-23)38-33(41)45-34(3,4)5/h7-12,17-20,23-24,40H,6,13-16,21H2,1-5H3,(H,38,41)(H,36,37,39). The third-order valence-electron chi connectivity index (χ3n) is 7.63. The average Bonchev–Trinajstić information content (AvgIpc) is 2.99. The Hall–Kier alpha value is -4.45. The Balaban J connectivity index is 1.32. The molecule has 12 heteroatoms. The van der Waals surface area contributed by atoms with E-state index < -0.39 is 15.6 Å². The fourth-order valence-corrected chi connectivity index (χ4v) is 6.68. The van der Waals surface area contributed by atoms with Crippen molar-refractivity contribution >= 4 is 38.5 Å². The normalized spacial score (nSPS) is 16.9. The third kappa shape index (κ3) is 8.42. The number of alkyl carbamates (subject to hydrolysis) is 1. The smallest absolute Gasteiger partial charge is 0.407 e. The van der Waals surface area contributed by atoms with E-state index >= 15 is 0 Å². The molecular formula is C34H42N6O5S. The number of aromatic nitrogens is 3. The summed E-state index contributed by atoms with van der Waals surface area (Å²) in [5.74, 6) is 1.49. The third-order valence-corrected chi connectivity index (χ3v) is 9.11. The summed E-state index contributed by atoms with van der Waals surface area (Å²) in [4.78, 5) is 26.0. The molecule has 46 heavy (non-hydrogen) atoms. The molecule has 1 aliphatic carbocycles. The summed E-state index contributed by atoms with van der Waals surface area (Å²) in [6.45, 7) is 9.33. The van der Waals surface area contributed by atoms with Gasteiger partial charge in [0.05, 0.1) is 22.7 Å². The summed E-state index contributed by atoms with van der Waals surface area (Å²) in [5.41, 5.74) is 2.18. The minimum Gasteiger partial charge on any atom is -0.444 e. The number of hydrogen-bond donors (Lipinski definition) is 3. The van der Waals surface area contributed by atoms with Crippen molar-refractivity contribution in [2.75, 3.05) is 15.8 Å². The zero-order valence-corrected chi connectivity index (χ0v) is 27.8. The largest absolute Gasteiger partial charge is 0.444 e. The van der Waals surface area contributed by atoms with Crippen LogP contribution in [0.5, 0.6) is 11.6 Å². The second-order valence-electron chi connectivity index (χ2n) is 12.6. The van der Waals surface area contributed by atoms with Crippen molar-refractivity contribution < 1.29 is 22.7 Å². The Morgan fingerprint density at radius 3 is 2.43 bits per heavy atom. The monoisotopic (exact) mass is 646 g/mol. The molecule has 1 aliphatic rings. The molecule has 2 heterocycles. The van der Waals surface area contributed by atoms with E-state index in [0.717, 1.165) is 42.0 Å². The number of amides is 1. The zero-order valence-electron chi connectivity index (χ0n) is 27.0. The number of carbonyl (C=O) groups is 1. The van der Waals surface area contributed by atoms with Gasteiger partial charge < -0.3 is 20.1 Å². The van der Waals surface area contributed by atoms with Crippen molar-refractivity contribution in [1.82, 2.24) is 20.3 Å². The van der Waals surface area contributed by atoms with Crippen LogP contribution in [0.3, 0.4) is 0 Å². The van der Waals surface area contributed by atoms with Crippen LogP contribution >= 0.6 is 0 Å². The molecule has 0 unspecified atom stereocenters. The lowest BCUT2D eigenvalue weighted by atomic mass is 9.91. The van der Waals surface area contributed by atoms with Crippen LogP contribution < -0.4 is 20.1 Å². The predicted octanol–water partition coefficient (Wildman–Crippen LogP) is 7.19. The van der Waals surface area contributed by atoms with Gasteiger partial charge in [0.1, 0.15) is 11.4 Å². The first kappa shape index (κ1) is 32.9. The summed E-state index contributed by atoms with van der Waals surface area (Å²) in [6.07, 6.45) is 6.85. The SMILES string of the molecule is CCCS(=O)(=O)Nc1cccc2c(Oc3ncccc3-c3ccnc(NC4CCC(NC(=O)OC(C)(C)C)CC4)n3)c(C)ccc12. The van der Waals surface area contributed by atoms with E-state index in [4.69, 9.17) is 14.5 Å². The molecule has 4 aromatic rings. The van der Waals surface area contributed by atoms with Crippen LogP contribution in [0.4, 0.5) is 16.4 Å². The number of hydrogen-bond acceptors (Lipinski definition) is 9. The Kier molecular flexibility index (Phi) is 9.95. The number of ether oxygens (including phenoxy) is 2. The lowest BCUT2D eigenvalue weighted by Crippen LogP contribution is -2.42. The first-order valence-electron chi connectivity index (χ1n) is 15.7. The molecule has 1 fully saturated rings. The van der Waals surface area contributed by atoms with E-state index in [1.54, 1.807) is 24.5 Å². The predicted molar refractivity (Wildman–Crippen MR) is 181 cm³/mol. The van der Waals surface area contributed by atoms with Crippen molar-refractivity contribution in [1.29, 1.82) is 0 Å². The van der Waals surface area contributed by atoms with Gasteiger partial charge in [-0.25, -0.2) is 28.2 Å². The molecule has 1 saturated carbocycles. The van der Waals surface area contributed by atoms with E-state index in [0.29, 0.717) is 40.9 Å². The molecule has 244 valence electrons. The van der Waals surface area contributed by atoms with Crippen LogP contribution in [0.2, 0.25) is 0 Å². The summed E-state index contributed by atoms with van der Waals surface area (Å²) < 4.78 is 39.7. The molecule has 0 atom stereocenters. The van der Waals surface area contributed by atoms with Crippen molar-refractivity contribution in [3.63, 3.8) is 0 Å². The van der Waals surface area contributed by atoms with Gasteiger partial charge >= 0.3 is 6.09 Å². The Bertz CT molecular complexity index is 1800. The van der Waals surface area contributed by atoms with Gasteiger partial charge in [0.25, 0.3) is 0 Å². The van der Waals surface area contributed by atoms with Gasteiger partial charge in [-0.2, -0.15) is 0 Å². The summed E-state index contributed by atoms with van der Waals surface area (Å²) in [6, 6.07) is 15.0. The highest BCUT2D eigenvalue weighted by Gasteiger charge is 2.25. The maximum absolute atomic E-state index is 12.5. The maximum atomic E-state index is 12.5. The average molecular weight is 647 g/mol. The second kappa shape index (κ2) is 13.9. The maximum Gasteiger partial charge on any atom is 0.407 e. The number of carbonyl (C=O) groups excluding carboxylic acids is 1. The molecule has 0 bridgehead atoms. The van der Waals surface area contributed by atoms with Crippen molar-refractivity contribution in [3.05, 3.63) is 66.5 Å². The molecule has 0 aliphatic heterocycles. The molecule has 0 saturated heterocycles. The number of sulfonamides is 1. The second-order valence-corrected chi connectivity index (χ2v) is 14.4. The summed E-state index contributed by atoms with van der Waals surface area (Å²) in [7, 11) is -3.47. The van der Waals surface area contributed by atoms with Gasteiger partial charge in [-0.3, -0.25) is 4.72 Å². The number of pyridine rings is 1. The topological polar surface area (TPSA) is 144 Å². The zero-order chi connectivity index (χ0) is 32.9. The van der Waals surface area contributed by atoms with Gasteiger partial charge in [0, 0.05) is 35.2 Å². The lowest BCUT2D eigenvalue weighted by molar-refractivity contribution is 0.0492. The number of anilines is 2. The van der Waals surface area contributed by atoms with Crippen molar-refractivity contribution in [3.8, 4) is 22.9 Å². The summed E-state index contributed by atoms with van der Waals surface area (Å²) in [5, 5.41) is 7.92. The van der Waals surface area contributed by atoms with E-state index in [1.165, 1.54) is 0 Å². The van der Waals surface area contributed by atoms with Crippen LogP contribution in [-0.4, -0.2) is 52.9 Å². The molecule has 0 spiro atoms. The highest BCUT2D eigenvalue weighted by molar-refractivity contribution is 7.92. The molecular weight excluding hydrogens is 604 g/mol. The quantitative estimate of drug-likeness (QED) is 0.163. The van der Waals surface area contributed by atoms with Gasteiger partial charge in [-0.1, -0.05) is 31.2 Å². The van der Waals surface area contributed by atoms with Gasteiger partial charge in [-0.15, -0.1) is 0 Å². The molecule has 5 rings (SSSR count). The number of fused-ring (bicyclic) bond motifs is 1. The number of nitrogens with zero attached hydrogens (tertiary/aromatic N) is 3. The minimum absolute atomic E-state index is 0.0399. The highest BCUT2D eigenvalue weighted by Crippen LogP contribution is 2.39.